The van der Waals surface area contributed by atoms with Gasteiger partial charge in [0.25, 0.3) is 0 Å². The number of aliphatic imine (C=N–C) groups is 1. The summed E-state index contributed by atoms with van der Waals surface area (Å²) in [5.41, 5.74) is 1.86. The standard InChI is InChI=1S/C21H22FNO2/c1-14-3-5-15(6-4-14)16-7-9-17(10-8-16)21(24)25-18-11-12-20(23-2)19(22)13-18/h7-15H,2-6H2,1H3. The number of halogens is 1. The molecule has 1 aliphatic carbocycles. The molecule has 1 fully saturated rings. The van der Waals surface area contributed by atoms with Crippen molar-refractivity contribution in [1.82, 2.24) is 0 Å². The van der Waals surface area contributed by atoms with Gasteiger partial charge in [0.2, 0.25) is 0 Å². The van der Waals surface area contributed by atoms with Crippen LogP contribution in [0.15, 0.2) is 47.5 Å². The Morgan fingerprint density at radius 2 is 1.80 bits per heavy atom. The third-order valence-corrected chi connectivity index (χ3v) is 4.93. The summed E-state index contributed by atoms with van der Waals surface area (Å²) in [7, 11) is 0. The molecule has 130 valence electrons. The summed E-state index contributed by atoms with van der Waals surface area (Å²) in [4.78, 5) is 15.8. The first-order valence-electron chi connectivity index (χ1n) is 8.65. The number of hydrogen-bond acceptors (Lipinski definition) is 3. The van der Waals surface area contributed by atoms with E-state index in [-0.39, 0.29) is 11.4 Å². The Morgan fingerprint density at radius 1 is 1.12 bits per heavy atom. The summed E-state index contributed by atoms with van der Waals surface area (Å²) < 4.78 is 18.9. The van der Waals surface area contributed by atoms with Crippen LogP contribution in [0.4, 0.5) is 10.1 Å². The van der Waals surface area contributed by atoms with E-state index < -0.39 is 11.8 Å². The topological polar surface area (TPSA) is 38.7 Å². The lowest BCUT2D eigenvalue weighted by atomic mass is 9.79. The van der Waals surface area contributed by atoms with Crippen LogP contribution in [-0.2, 0) is 0 Å². The maximum absolute atomic E-state index is 13.7. The van der Waals surface area contributed by atoms with Crippen LogP contribution in [0, 0.1) is 11.7 Å². The van der Waals surface area contributed by atoms with Crippen molar-refractivity contribution < 1.29 is 13.9 Å². The molecule has 0 bridgehead atoms. The summed E-state index contributed by atoms with van der Waals surface area (Å²) in [6.45, 7) is 5.58. The van der Waals surface area contributed by atoms with Gasteiger partial charge in [0.05, 0.1) is 11.3 Å². The second kappa shape index (κ2) is 7.60. The van der Waals surface area contributed by atoms with Crippen molar-refractivity contribution in [2.75, 3.05) is 0 Å². The maximum atomic E-state index is 13.7. The van der Waals surface area contributed by atoms with Crippen molar-refractivity contribution in [1.29, 1.82) is 0 Å². The number of carbonyl (C=O) groups excluding carboxylic acids is 1. The Morgan fingerprint density at radius 3 is 2.40 bits per heavy atom. The molecule has 25 heavy (non-hydrogen) atoms. The molecule has 0 N–H and O–H groups in total. The Bertz CT molecular complexity index is 762. The van der Waals surface area contributed by atoms with Gasteiger partial charge in [0, 0.05) is 6.07 Å². The zero-order chi connectivity index (χ0) is 17.8. The van der Waals surface area contributed by atoms with Crippen molar-refractivity contribution in [2.45, 2.75) is 38.5 Å². The largest absolute Gasteiger partial charge is 0.423 e. The predicted octanol–water partition coefficient (Wildman–Crippen LogP) is 5.67. The predicted molar refractivity (Wildman–Crippen MR) is 97.4 cm³/mol. The van der Waals surface area contributed by atoms with Crippen LogP contribution in [0.1, 0.15) is 54.4 Å². The van der Waals surface area contributed by atoms with Gasteiger partial charge in [-0.25, -0.2) is 9.18 Å². The van der Waals surface area contributed by atoms with E-state index in [1.165, 1.54) is 43.4 Å². The second-order valence-electron chi connectivity index (χ2n) is 6.74. The summed E-state index contributed by atoms with van der Waals surface area (Å²) >= 11 is 0. The van der Waals surface area contributed by atoms with Gasteiger partial charge in [0.1, 0.15) is 5.75 Å². The number of rotatable bonds is 4. The van der Waals surface area contributed by atoms with E-state index in [4.69, 9.17) is 4.74 Å². The summed E-state index contributed by atoms with van der Waals surface area (Å²) in [6.07, 6.45) is 4.92. The zero-order valence-electron chi connectivity index (χ0n) is 14.4. The van der Waals surface area contributed by atoms with E-state index in [1.54, 1.807) is 12.1 Å². The first kappa shape index (κ1) is 17.3. The first-order chi connectivity index (χ1) is 12.1. The van der Waals surface area contributed by atoms with Gasteiger partial charge in [-0.2, -0.15) is 0 Å². The molecule has 3 rings (SSSR count). The molecular formula is C21H22FNO2. The average molecular weight is 339 g/mol. The molecule has 1 aliphatic rings. The molecule has 0 amide bonds. The molecule has 0 aromatic heterocycles. The van der Waals surface area contributed by atoms with Crippen LogP contribution in [0.2, 0.25) is 0 Å². The molecule has 0 atom stereocenters. The third kappa shape index (κ3) is 4.13. The van der Waals surface area contributed by atoms with Crippen molar-refractivity contribution in [3.63, 3.8) is 0 Å². The Hall–Kier alpha value is -2.49. The van der Waals surface area contributed by atoms with Gasteiger partial charge in [-0.15, -0.1) is 0 Å². The smallest absolute Gasteiger partial charge is 0.343 e. The van der Waals surface area contributed by atoms with E-state index in [9.17, 15) is 9.18 Å². The van der Waals surface area contributed by atoms with Crippen LogP contribution in [0.25, 0.3) is 0 Å². The summed E-state index contributed by atoms with van der Waals surface area (Å²) in [5.74, 6) is 0.479. The van der Waals surface area contributed by atoms with E-state index in [1.807, 2.05) is 12.1 Å². The van der Waals surface area contributed by atoms with Crippen LogP contribution in [0.5, 0.6) is 5.75 Å². The van der Waals surface area contributed by atoms with Gasteiger partial charge in [-0.05, 0) is 61.2 Å². The SMILES string of the molecule is C=Nc1ccc(OC(=O)c2ccc(C3CCC(C)CC3)cc2)cc1F. The monoisotopic (exact) mass is 339 g/mol. The quantitative estimate of drug-likeness (QED) is 0.409. The first-order valence-corrected chi connectivity index (χ1v) is 8.65. The number of ether oxygens (including phenoxy) is 1. The van der Waals surface area contributed by atoms with Crippen LogP contribution in [0.3, 0.4) is 0 Å². The number of benzene rings is 2. The van der Waals surface area contributed by atoms with E-state index in [2.05, 4.69) is 18.6 Å². The van der Waals surface area contributed by atoms with E-state index in [0.717, 1.165) is 12.0 Å². The fourth-order valence-electron chi connectivity index (χ4n) is 3.33. The van der Waals surface area contributed by atoms with Crippen molar-refractivity contribution in [3.8, 4) is 5.75 Å². The highest BCUT2D eigenvalue weighted by atomic mass is 19.1. The molecule has 0 heterocycles. The molecule has 3 nitrogen and oxygen atoms in total. The second-order valence-corrected chi connectivity index (χ2v) is 6.74. The van der Waals surface area contributed by atoms with Gasteiger partial charge in [-0.3, -0.25) is 4.99 Å². The van der Waals surface area contributed by atoms with E-state index in [0.29, 0.717) is 11.5 Å². The number of carbonyl (C=O) groups is 1. The van der Waals surface area contributed by atoms with Gasteiger partial charge < -0.3 is 4.74 Å². The highest BCUT2D eigenvalue weighted by molar-refractivity contribution is 5.91. The summed E-state index contributed by atoms with van der Waals surface area (Å²) in [6, 6.07) is 11.6. The molecule has 0 radical (unpaired) electrons. The lowest BCUT2D eigenvalue weighted by molar-refractivity contribution is 0.0734. The van der Waals surface area contributed by atoms with Crippen molar-refractivity contribution in [2.24, 2.45) is 10.9 Å². The highest BCUT2D eigenvalue weighted by Gasteiger charge is 2.20. The maximum Gasteiger partial charge on any atom is 0.343 e. The Labute approximate surface area is 147 Å². The Balaban J connectivity index is 1.66. The fourth-order valence-corrected chi connectivity index (χ4v) is 3.33. The van der Waals surface area contributed by atoms with Crippen LogP contribution >= 0.6 is 0 Å². The molecule has 2 aromatic carbocycles. The van der Waals surface area contributed by atoms with Crippen LogP contribution < -0.4 is 4.74 Å². The highest BCUT2D eigenvalue weighted by Crippen LogP contribution is 2.35. The number of nitrogens with zero attached hydrogens (tertiary/aromatic N) is 1. The molecule has 0 aliphatic heterocycles. The van der Waals surface area contributed by atoms with Crippen molar-refractivity contribution in [3.05, 3.63) is 59.4 Å². The molecular weight excluding hydrogens is 317 g/mol. The average Bonchev–Trinajstić information content (AvgIpc) is 2.63. The molecule has 4 heteroatoms. The minimum absolute atomic E-state index is 0.131. The molecule has 0 saturated heterocycles. The Kier molecular flexibility index (Phi) is 5.27. The lowest BCUT2D eigenvalue weighted by Gasteiger charge is -2.26. The van der Waals surface area contributed by atoms with Crippen molar-refractivity contribution >= 4 is 18.4 Å². The van der Waals surface area contributed by atoms with Gasteiger partial charge >= 0.3 is 5.97 Å². The zero-order valence-corrected chi connectivity index (χ0v) is 14.4. The lowest BCUT2D eigenvalue weighted by Crippen LogP contribution is -2.12. The summed E-state index contributed by atoms with van der Waals surface area (Å²) in [5, 5.41) is 0. The minimum Gasteiger partial charge on any atom is -0.423 e. The normalized spacial score (nSPS) is 20.1. The van der Waals surface area contributed by atoms with Crippen LogP contribution in [-0.4, -0.2) is 12.7 Å². The van der Waals surface area contributed by atoms with E-state index >= 15 is 0 Å². The van der Waals surface area contributed by atoms with Gasteiger partial charge in [-0.1, -0.05) is 31.9 Å². The minimum atomic E-state index is -0.567. The van der Waals surface area contributed by atoms with Gasteiger partial charge in [0.15, 0.2) is 5.82 Å². The molecule has 0 spiro atoms. The third-order valence-electron chi connectivity index (χ3n) is 4.93. The fraction of sp³-hybridized carbons (Fsp3) is 0.333. The molecule has 0 unspecified atom stereocenters. The molecule has 2 aromatic rings. The molecule has 1 saturated carbocycles. The number of hydrogen-bond donors (Lipinski definition) is 0. The number of esters is 1.